The van der Waals surface area contributed by atoms with Gasteiger partial charge in [0.05, 0.1) is 17.6 Å². The first-order chi connectivity index (χ1) is 12.5. The first-order valence-electron chi connectivity index (χ1n) is 8.38. The van der Waals surface area contributed by atoms with Crippen LogP contribution in [-0.4, -0.2) is 27.0 Å². The highest BCUT2D eigenvalue weighted by molar-refractivity contribution is 7.09. The average molecular weight is 367 g/mol. The smallest absolute Gasteiger partial charge is 0.355 e. The second-order valence-electron chi connectivity index (χ2n) is 6.50. The van der Waals surface area contributed by atoms with Gasteiger partial charge in [0.1, 0.15) is 5.01 Å². The summed E-state index contributed by atoms with van der Waals surface area (Å²) in [5.41, 5.74) is 3.47. The first kappa shape index (κ1) is 16.7. The molecule has 0 aliphatic heterocycles. The molecule has 7 heteroatoms. The van der Waals surface area contributed by atoms with E-state index >= 15 is 0 Å². The Balaban J connectivity index is 1.62. The van der Waals surface area contributed by atoms with Gasteiger partial charge in [0, 0.05) is 22.4 Å². The number of carboxylic acid groups (broad SMARTS) is 1. The molecule has 2 N–H and O–H groups in total. The molecule has 0 saturated heterocycles. The summed E-state index contributed by atoms with van der Waals surface area (Å²) in [7, 11) is 0. The standard InChI is InChI=1S/C19H17N3O3S/c1-10-2-5-14-12(6-10)13(7-15(21-14)11-3-4-11)18(23)20-8-17-22-16(9-26-17)19(24)25/h2,5-7,9,11H,3-4,8H2,1H3,(H,20,23)(H,24,25). The third-order valence-electron chi connectivity index (χ3n) is 4.40. The second kappa shape index (κ2) is 6.49. The normalized spacial score (nSPS) is 13.7. The van der Waals surface area contributed by atoms with Crippen LogP contribution < -0.4 is 5.32 Å². The van der Waals surface area contributed by atoms with Crippen LogP contribution in [0, 0.1) is 6.92 Å². The van der Waals surface area contributed by atoms with Gasteiger partial charge in [-0.2, -0.15) is 0 Å². The molecule has 1 aromatic carbocycles. The molecule has 1 amide bonds. The Hall–Kier alpha value is -2.80. The van der Waals surface area contributed by atoms with Crippen LogP contribution in [0.4, 0.5) is 0 Å². The van der Waals surface area contributed by atoms with Crippen molar-refractivity contribution < 1.29 is 14.7 Å². The molecule has 1 fully saturated rings. The lowest BCUT2D eigenvalue weighted by Crippen LogP contribution is -2.23. The third kappa shape index (κ3) is 3.30. The van der Waals surface area contributed by atoms with Gasteiger partial charge in [-0.1, -0.05) is 11.6 Å². The van der Waals surface area contributed by atoms with Gasteiger partial charge in [-0.15, -0.1) is 11.3 Å². The number of amides is 1. The maximum Gasteiger partial charge on any atom is 0.355 e. The van der Waals surface area contributed by atoms with Crippen molar-refractivity contribution in [2.75, 3.05) is 0 Å². The fourth-order valence-electron chi connectivity index (χ4n) is 2.88. The van der Waals surface area contributed by atoms with Crippen molar-refractivity contribution in [1.82, 2.24) is 15.3 Å². The number of hydrogen-bond donors (Lipinski definition) is 2. The Morgan fingerprint density at radius 3 is 2.77 bits per heavy atom. The van der Waals surface area contributed by atoms with Gasteiger partial charge in [-0.3, -0.25) is 9.78 Å². The molecule has 6 nitrogen and oxygen atoms in total. The van der Waals surface area contributed by atoms with Crippen LogP contribution in [0.5, 0.6) is 0 Å². The van der Waals surface area contributed by atoms with Crippen LogP contribution in [0.25, 0.3) is 10.9 Å². The minimum absolute atomic E-state index is 0.000235. The molecule has 1 aliphatic carbocycles. The lowest BCUT2D eigenvalue weighted by Gasteiger charge is -2.10. The molecule has 3 aromatic rings. The largest absolute Gasteiger partial charge is 0.476 e. The fraction of sp³-hybridized carbons (Fsp3) is 0.263. The number of benzene rings is 1. The number of carbonyl (C=O) groups is 2. The Morgan fingerprint density at radius 2 is 2.08 bits per heavy atom. The predicted octanol–water partition coefficient (Wildman–Crippen LogP) is 3.51. The number of pyridine rings is 1. The van der Waals surface area contributed by atoms with E-state index in [0.29, 0.717) is 16.5 Å². The van der Waals surface area contributed by atoms with Crippen LogP contribution in [0.15, 0.2) is 29.6 Å². The van der Waals surface area contributed by atoms with Crippen molar-refractivity contribution in [3.05, 3.63) is 57.2 Å². The number of carboxylic acids is 1. The summed E-state index contributed by atoms with van der Waals surface area (Å²) in [6, 6.07) is 7.81. The Kier molecular flexibility index (Phi) is 4.16. The summed E-state index contributed by atoms with van der Waals surface area (Å²) >= 11 is 1.22. The number of thiazole rings is 1. The number of aromatic carboxylic acids is 1. The average Bonchev–Trinajstić information content (AvgIpc) is 3.36. The number of nitrogens with one attached hydrogen (secondary N) is 1. The molecule has 0 unspecified atom stereocenters. The van der Waals surface area contributed by atoms with Gasteiger partial charge in [0.25, 0.3) is 5.91 Å². The van der Waals surface area contributed by atoms with Crippen LogP contribution in [0.3, 0.4) is 0 Å². The Labute approximate surface area is 153 Å². The zero-order valence-corrected chi connectivity index (χ0v) is 15.0. The molecule has 0 spiro atoms. The van der Waals surface area contributed by atoms with E-state index in [-0.39, 0.29) is 18.1 Å². The van der Waals surface area contributed by atoms with E-state index in [4.69, 9.17) is 10.1 Å². The predicted molar refractivity (Wildman–Crippen MR) is 98.7 cm³/mol. The van der Waals surface area contributed by atoms with Crippen LogP contribution >= 0.6 is 11.3 Å². The SMILES string of the molecule is Cc1ccc2nc(C3CC3)cc(C(=O)NCc3nc(C(=O)O)cs3)c2c1. The van der Waals surface area contributed by atoms with E-state index in [2.05, 4.69) is 10.3 Å². The molecule has 0 radical (unpaired) electrons. The van der Waals surface area contributed by atoms with E-state index in [1.165, 1.54) is 16.7 Å². The molecular formula is C19H17N3O3S. The molecule has 2 heterocycles. The molecule has 1 aliphatic rings. The van der Waals surface area contributed by atoms with Crippen LogP contribution in [0.2, 0.25) is 0 Å². The topological polar surface area (TPSA) is 92.2 Å². The monoisotopic (exact) mass is 367 g/mol. The van der Waals surface area contributed by atoms with Gasteiger partial charge in [0.2, 0.25) is 0 Å². The van der Waals surface area contributed by atoms with Crippen molar-refractivity contribution in [3.63, 3.8) is 0 Å². The molecule has 1 saturated carbocycles. The highest BCUT2D eigenvalue weighted by atomic mass is 32.1. The zero-order valence-electron chi connectivity index (χ0n) is 14.2. The van der Waals surface area contributed by atoms with Gasteiger partial charge in [-0.25, -0.2) is 9.78 Å². The molecule has 4 rings (SSSR count). The second-order valence-corrected chi connectivity index (χ2v) is 7.45. The first-order valence-corrected chi connectivity index (χ1v) is 9.26. The van der Waals surface area contributed by atoms with Gasteiger partial charge < -0.3 is 10.4 Å². The number of hydrogen-bond acceptors (Lipinski definition) is 5. The summed E-state index contributed by atoms with van der Waals surface area (Å²) in [5, 5.41) is 14.7. The van der Waals surface area contributed by atoms with E-state index in [1.54, 1.807) is 0 Å². The third-order valence-corrected chi connectivity index (χ3v) is 5.24. The number of rotatable bonds is 5. The summed E-state index contributed by atoms with van der Waals surface area (Å²) in [6.07, 6.45) is 2.23. The van der Waals surface area contributed by atoms with Crippen LogP contribution in [0.1, 0.15) is 55.9 Å². The van der Waals surface area contributed by atoms with Crippen molar-refractivity contribution in [3.8, 4) is 0 Å². The van der Waals surface area contributed by atoms with E-state index in [0.717, 1.165) is 35.0 Å². The summed E-state index contributed by atoms with van der Waals surface area (Å²) in [5.74, 6) is -0.815. The van der Waals surface area contributed by atoms with Crippen molar-refractivity contribution in [2.45, 2.75) is 32.2 Å². The van der Waals surface area contributed by atoms with Gasteiger partial charge in [-0.05, 0) is 38.0 Å². The molecule has 26 heavy (non-hydrogen) atoms. The highest BCUT2D eigenvalue weighted by Gasteiger charge is 2.27. The quantitative estimate of drug-likeness (QED) is 0.720. The van der Waals surface area contributed by atoms with Crippen molar-refractivity contribution in [1.29, 1.82) is 0 Å². The molecule has 0 atom stereocenters. The highest BCUT2D eigenvalue weighted by Crippen LogP contribution is 2.40. The Morgan fingerprint density at radius 1 is 1.27 bits per heavy atom. The Bertz CT molecular complexity index is 1020. The zero-order chi connectivity index (χ0) is 18.3. The molecule has 2 aromatic heterocycles. The minimum Gasteiger partial charge on any atom is -0.476 e. The van der Waals surface area contributed by atoms with E-state index in [1.807, 2.05) is 31.2 Å². The lowest BCUT2D eigenvalue weighted by atomic mass is 10.0. The van der Waals surface area contributed by atoms with E-state index < -0.39 is 5.97 Å². The van der Waals surface area contributed by atoms with Gasteiger partial charge in [0.15, 0.2) is 5.69 Å². The summed E-state index contributed by atoms with van der Waals surface area (Å²) in [4.78, 5) is 32.4. The molecule has 132 valence electrons. The van der Waals surface area contributed by atoms with E-state index in [9.17, 15) is 9.59 Å². The summed E-state index contributed by atoms with van der Waals surface area (Å²) in [6.45, 7) is 2.18. The van der Waals surface area contributed by atoms with Crippen molar-refractivity contribution in [2.24, 2.45) is 0 Å². The van der Waals surface area contributed by atoms with Crippen molar-refractivity contribution >= 4 is 34.1 Å². The summed E-state index contributed by atoms with van der Waals surface area (Å²) < 4.78 is 0. The van der Waals surface area contributed by atoms with Gasteiger partial charge >= 0.3 is 5.97 Å². The number of nitrogens with zero attached hydrogens (tertiary/aromatic N) is 2. The number of fused-ring (bicyclic) bond motifs is 1. The maximum atomic E-state index is 12.8. The maximum absolute atomic E-state index is 12.8. The van der Waals surface area contributed by atoms with Crippen LogP contribution in [-0.2, 0) is 6.54 Å². The minimum atomic E-state index is -1.07. The number of carbonyl (C=O) groups excluding carboxylic acids is 1. The lowest BCUT2D eigenvalue weighted by molar-refractivity contribution is 0.0691. The molecule has 0 bridgehead atoms. The number of aryl methyl sites for hydroxylation is 1. The fourth-order valence-corrected chi connectivity index (χ4v) is 3.59. The number of aromatic nitrogens is 2. The molecular weight excluding hydrogens is 350 g/mol.